The quantitative estimate of drug-likeness (QED) is 0.913. The van der Waals surface area contributed by atoms with Crippen LogP contribution in [0.1, 0.15) is 6.42 Å². The summed E-state index contributed by atoms with van der Waals surface area (Å²) in [5, 5.41) is 4.81. The van der Waals surface area contributed by atoms with Gasteiger partial charge in [0.25, 0.3) is 5.56 Å². The van der Waals surface area contributed by atoms with Gasteiger partial charge in [-0.1, -0.05) is 23.2 Å². The van der Waals surface area contributed by atoms with E-state index >= 15 is 0 Å². The summed E-state index contributed by atoms with van der Waals surface area (Å²) in [6.45, 7) is 1.06. The van der Waals surface area contributed by atoms with Crippen LogP contribution in [0.5, 0.6) is 0 Å². The maximum atomic E-state index is 12.5. The van der Waals surface area contributed by atoms with E-state index < -0.39 is 5.56 Å². The van der Waals surface area contributed by atoms with Gasteiger partial charge < -0.3 is 10.6 Å². The van der Waals surface area contributed by atoms with Crippen molar-refractivity contribution in [2.24, 2.45) is 11.7 Å². The number of halogens is 2. The van der Waals surface area contributed by atoms with E-state index in [0.717, 1.165) is 0 Å². The molecule has 1 fully saturated rings. The first-order valence-electron chi connectivity index (χ1n) is 7.05. The van der Waals surface area contributed by atoms with Gasteiger partial charge in [0.15, 0.2) is 0 Å². The highest BCUT2D eigenvalue weighted by atomic mass is 35.5. The third kappa shape index (κ3) is 3.04. The van der Waals surface area contributed by atoms with Crippen LogP contribution in [0, 0.1) is 5.92 Å². The molecule has 1 aromatic carbocycles. The molecule has 1 aliphatic heterocycles. The number of rotatable bonds is 3. The first-order valence-corrected chi connectivity index (χ1v) is 7.81. The van der Waals surface area contributed by atoms with E-state index in [1.54, 1.807) is 24.3 Å². The Bertz CT molecular complexity index is 804. The minimum atomic E-state index is -0.422. The summed E-state index contributed by atoms with van der Waals surface area (Å²) < 4.78 is 1.21. The Morgan fingerprint density at radius 1 is 1.26 bits per heavy atom. The second kappa shape index (κ2) is 6.22. The van der Waals surface area contributed by atoms with Crippen molar-refractivity contribution in [2.75, 3.05) is 18.0 Å². The van der Waals surface area contributed by atoms with Crippen molar-refractivity contribution in [3.8, 4) is 5.69 Å². The van der Waals surface area contributed by atoms with E-state index in [2.05, 4.69) is 5.10 Å². The molecule has 8 heteroatoms. The van der Waals surface area contributed by atoms with Crippen LogP contribution in [0.2, 0.25) is 10.0 Å². The van der Waals surface area contributed by atoms with E-state index in [1.165, 1.54) is 10.9 Å². The number of hydrogen-bond donors (Lipinski definition) is 1. The zero-order valence-corrected chi connectivity index (χ0v) is 13.6. The molecule has 3 rings (SSSR count). The molecule has 0 aliphatic carbocycles. The molecule has 2 aromatic rings. The Balaban J connectivity index is 1.94. The van der Waals surface area contributed by atoms with E-state index in [-0.39, 0.29) is 16.8 Å². The van der Waals surface area contributed by atoms with E-state index in [4.69, 9.17) is 28.9 Å². The summed E-state index contributed by atoms with van der Waals surface area (Å²) in [5.74, 6) is -0.573. The lowest BCUT2D eigenvalue weighted by atomic mass is 10.1. The van der Waals surface area contributed by atoms with Crippen molar-refractivity contribution in [3.05, 3.63) is 50.9 Å². The lowest BCUT2D eigenvalue weighted by Gasteiger charge is -2.19. The molecule has 0 unspecified atom stereocenters. The molecule has 23 heavy (non-hydrogen) atoms. The first kappa shape index (κ1) is 15.8. The monoisotopic (exact) mass is 352 g/mol. The lowest BCUT2D eigenvalue weighted by molar-refractivity contribution is -0.121. The molecular formula is C15H14Cl2N4O2. The van der Waals surface area contributed by atoms with Gasteiger partial charge in [-0.15, -0.1) is 0 Å². The molecule has 0 bridgehead atoms. The Morgan fingerprint density at radius 2 is 1.96 bits per heavy atom. The summed E-state index contributed by atoms with van der Waals surface area (Å²) in [7, 11) is 0. The van der Waals surface area contributed by atoms with Crippen molar-refractivity contribution < 1.29 is 4.79 Å². The minimum Gasteiger partial charge on any atom is -0.369 e. The number of primary amides is 1. The number of hydrogen-bond acceptors (Lipinski definition) is 4. The predicted molar refractivity (Wildman–Crippen MR) is 89.4 cm³/mol. The van der Waals surface area contributed by atoms with E-state index in [0.29, 0.717) is 35.9 Å². The van der Waals surface area contributed by atoms with Crippen LogP contribution in [0.4, 0.5) is 5.69 Å². The number of carbonyl (C=O) groups excluding carboxylic acids is 1. The Kier molecular flexibility index (Phi) is 4.28. The van der Waals surface area contributed by atoms with Crippen molar-refractivity contribution >= 4 is 34.8 Å². The zero-order valence-electron chi connectivity index (χ0n) is 12.1. The normalized spacial score (nSPS) is 17.5. The smallest absolute Gasteiger partial charge is 0.292 e. The molecule has 1 aliphatic rings. The van der Waals surface area contributed by atoms with Gasteiger partial charge in [-0.05, 0) is 30.7 Å². The average Bonchev–Trinajstić information content (AvgIpc) is 3.01. The second-order valence-electron chi connectivity index (χ2n) is 5.37. The molecule has 0 saturated carbocycles. The predicted octanol–water partition coefficient (Wildman–Crippen LogP) is 1.85. The maximum absolute atomic E-state index is 12.5. The van der Waals surface area contributed by atoms with Gasteiger partial charge in [0.05, 0.1) is 23.5 Å². The molecule has 120 valence electrons. The van der Waals surface area contributed by atoms with Gasteiger partial charge in [-0.2, -0.15) is 9.78 Å². The summed E-state index contributed by atoms with van der Waals surface area (Å²) in [4.78, 5) is 25.6. The fourth-order valence-electron chi connectivity index (χ4n) is 2.62. The average molecular weight is 353 g/mol. The fourth-order valence-corrected chi connectivity index (χ4v) is 3.00. The molecule has 0 radical (unpaired) electrons. The largest absolute Gasteiger partial charge is 0.369 e. The van der Waals surface area contributed by atoms with Crippen molar-refractivity contribution in [1.82, 2.24) is 9.78 Å². The van der Waals surface area contributed by atoms with Crippen LogP contribution in [-0.4, -0.2) is 28.8 Å². The van der Waals surface area contributed by atoms with Crippen LogP contribution in [0.25, 0.3) is 5.69 Å². The molecule has 1 atom stereocenters. The van der Waals surface area contributed by atoms with Crippen molar-refractivity contribution in [2.45, 2.75) is 6.42 Å². The van der Waals surface area contributed by atoms with Crippen molar-refractivity contribution in [1.29, 1.82) is 0 Å². The van der Waals surface area contributed by atoms with Crippen LogP contribution >= 0.6 is 23.2 Å². The third-order valence-electron chi connectivity index (χ3n) is 3.90. The lowest BCUT2D eigenvalue weighted by Crippen LogP contribution is -2.30. The number of amides is 1. The molecule has 1 amide bonds. The highest BCUT2D eigenvalue weighted by Crippen LogP contribution is 2.27. The zero-order chi connectivity index (χ0) is 16.6. The SMILES string of the molecule is NC(=O)[C@H]1CCN(c2cnn(-c3ccc(Cl)cc3)c(=O)c2Cl)C1. The maximum Gasteiger partial charge on any atom is 0.292 e. The van der Waals surface area contributed by atoms with Gasteiger partial charge in [-0.3, -0.25) is 9.59 Å². The topological polar surface area (TPSA) is 81.2 Å². The first-order chi connectivity index (χ1) is 11.0. The summed E-state index contributed by atoms with van der Waals surface area (Å²) in [6, 6.07) is 6.72. The third-order valence-corrected chi connectivity index (χ3v) is 4.51. The standard InChI is InChI=1S/C15H14Cl2N4O2/c16-10-1-3-11(4-2-10)21-15(23)13(17)12(7-19-21)20-6-5-9(8-20)14(18)22/h1-4,7,9H,5-6,8H2,(H2,18,22)/t9-/m0/s1. The van der Waals surface area contributed by atoms with Gasteiger partial charge in [-0.25, -0.2) is 0 Å². The molecule has 2 heterocycles. The van der Waals surface area contributed by atoms with Crippen molar-refractivity contribution in [3.63, 3.8) is 0 Å². The molecule has 2 N–H and O–H groups in total. The molecule has 1 saturated heterocycles. The van der Waals surface area contributed by atoms with Crippen LogP contribution in [0.15, 0.2) is 35.3 Å². The number of benzene rings is 1. The highest BCUT2D eigenvalue weighted by Gasteiger charge is 2.29. The minimum absolute atomic E-state index is 0.0695. The molecule has 6 nitrogen and oxygen atoms in total. The Hall–Kier alpha value is -2.05. The Morgan fingerprint density at radius 3 is 2.57 bits per heavy atom. The molecule has 1 aromatic heterocycles. The van der Waals surface area contributed by atoms with Gasteiger partial charge in [0.2, 0.25) is 5.91 Å². The van der Waals surface area contributed by atoms with E-state index in [9.17, 15) is 9.59 Å². The number of nitrogens with zero attached hydrogens (tertiary/aromatic N) is 3. The second-order valence-corrected chi connectivity index (χ2v) is 6.19. The molecular weight excluding hydrogens is 339 g/mol. The highest BCUT2D eigenvalue weighted by molar-refractivity contribution is 6.33. The van der Waals surface area contributed by atoms with Crippen LogP contribution in [-0.2, 0) is 4.79 Å². The number of anilines is 1. The van der Waals surface area contributed by atoms with Gasteiger partial charge in [0.1, 0.15) is 5.02 Å². The van der Waals surface area contributed by atoms with Crippen LogP contribution in [0.3, 0.4) is 0 Å². The fraction of sp³-hybridized carbons (Fsp3) is 0.267. The van der Waals surface area contributed by atoms with Gasteiger partial charge >= 0.3 is 0 Å². The Labute approximate surface area is 142 Å². The van der Waals surface area contributed by atoms with Gasteiger partial charge in [0, 0.05) is 18.1 Å². The number of nitrogens with two attached hydrogens (primary N) is 1. The number of aromatic nitrogens is 2. The van der Waals surface area contributed by atoms with Crippen LogP contribution < -0.4 is 16.2 Å². The summed E-state index contributed by atoms with van der Waals surface area (Å²) in [6.07, 6.45) is 2.17. The van der Waals surface area contributed by atoms with E-state index in [1.807, 2.05) is 4.90 Å². The molecule has 0 spiro atoms. The summed E-state index contributed by atoms with van der Waals surface area (Å²) in [5.41, 5.74) is 6.00. The summed E-state index contributed by atoms with van der Waals surface area (Å²) >= 11 is 12.1. The number of carbonyl (C=O) groups is 1.